The van der Waals surface area contributed by atoms with Gasteiger partial charge in [-0.05, 0) is 31.0 Å². The average molecular weight is 384 g/mol. The van der Waals surface area contributed by atoms with Gasteiger partial charge in [0.15, 0.2) is 11.2 Å². The smallest absolute Gasteiger partial charge is 0.332 e. The van der Waals surface area contributed by atoms with Crippen molar-refractivity contribution in [2.75, 3.05) is 12.0 Å². The van der Waals surface area contributed by atoms with E-state index in [1.165, 1.54) is 17.2 Å². The van der Waals surface area contributed by atoms with Crippen LogP contribution in [0.4, 0.5) is 5.95 Å². The van der Waals surface area contributed by atoms with E-state index in [2.05, 4.69) is 22.4 Å². The third kappa shape index (κ3) is 3.55. The fourth-order valence-corrected chi connectivity index (χ4v) is 2.81. The summed E-state index contributed by atoms with van der Waals surface area (Å²) in [6.45, 7) is 4.24. The predicted octanol–water partition coefficient (Wildman–Crippen LogP) is 1.40. The lowest BCUT2D eigenvalue weighted by Crippen LogP contribution is -2.37. The number of rotatable bonds is 6. The Morgan fingerprint density at radius 1 is 1.11 bits per heavy atom. The molecule has 0 fully saturated rings. The monoisotopic (exact) mass is 384 g/mol. The zero-order chi connectivity index (χ0) is 20.4. The topological polar surface area (TPSA) is 95.4 Å². The molecule has 0 atom stereocenters. The van der Waals surface area contributed by atoms with Crippen molar-refractivity contribution >= 4 is 22.8 Å². The third-order valence-electron chi connectivity index (χ3n) is 4.60. The minimum atomic E-state index is -0.427. The molecule has 1 aromatic carbocycles. The molecule has 0 radical (unpaired) electrons. The summed E-state index contributed by atoms with van der Waals surface area (Å²) in [6.07, 6.45) is 0.984. The highest BCUT2D eigenvalue weighted by molar-refractivity contribution is 5.84. The first-order chi connectivity index (χ1) is 13.3. The summed E-state index contributed by atoms with van der Waals surface area (Å²) in [5, 5.41) is 4.27. The summed E-state index contributed by atoms with van der Waals surface area (Å²) in [7, 11) is 4.71. The largest absolute Gasteiger partial charge is 0.488 e. The lowest BCUT2D eigenvalue weighted by Gasteiger charge is -2.07. The Morgan fingerprint density at radius 2 is 1.79 bits per heavy atom. The van der Waals surface area contributed by atoms with Crippen LogP contribution in [-0.4, -0.2) is 31.0 Å². The zero-order valence-electron chi connectivity index (χ0n) is 16.7. The van der Waals surface area contributed by atoms with Crippen molar-refractivity contribution in [2.45, 2.75) is 20.3 Å². The quantitative estimate of drug-likeness (QED) is 0.512. The molecule has 3 aromatic rings. The molecule has 148 valence electrons. The molecule has 0 aliphatic carbocycles. The van der Waals surface area contributed by atoms with Gasteiger partial charge in [0.1, 0.15) is 12.4 Å². The first kappa shape index (κ1) is 19.4. The lowest BCUT2D eigenvalue weighted by atomic mass is 10.2. The van der Waals surface area contributed by atoms with Gasteiger partial charge in [-0.15, -0.1) is 0 Å². The molecule has 0 spiro atoms. The SMILES string of the molecule is CCc1ccc(OC/C(C)=N/Nc2nc3c(c(=O)n(C)c(=O)n3C)n2C)cc1. The van der Waals surface area contributed by atoms with E-state index in [1.54, 1.807) is 18.7 Å². The Labute approximate surface area is 161 Å². The molecule has 0 aliphatic rings. The number of aryl methyl sites for hydroxylation is 3. The minimum absolute atomic E-state index is 0.304. The summed E-state index contributed by atoms with van der Waals surface area (Å²) in [4.78, 5) is 28.8. The molecule has 0 amide bonds. The van der Waals surface area contributed by atoms with E-state index < -0.39 is 11.2 Å². The number of hydrogen-bond acceptors (Lipinski definition) is 6. The number of fused-ring (bicyclic) bond motifs is 1. The fraction of sp³-hybridized carbons (Fsp3) is 0.368. The predicted molar refractivity (Wildman–Crippen MR) is 109 cm³/mol. The number of imidazole rings is 1. The zero-order valence-corrected chi connectivity index (χ0v) is 16.7. The molecule has 28 heavy (non-hydrogen) atoms. The first-order valence-corrected chi connectivity index (χ1v) is 8.96. The van der Waals surface area contributed by atoms with Crippen LogP contribution in [0, 0.1) is 0 Å². The number of hydrogen-bond donors (Lipinski definition) is 1. The fourth-order valence-electron chi connectivity index (χ4n) is 2.81. The lowest BCUT2D eigenvalue weighted by molar-refractivity contribution is 0.375. The molecule has 3 rings (SSSR count). The number of aromatic nitrogens is 4. The Hall–Kier alpha value is -3.36. The van der Waals surface area contributed by atoms with Gasteiger partial charge in [0.05, 0.1) is 5.71 Å². The van der Waals surface area contributed by atoms with Crippen LogP contribution in [-0.2, 0) is 27.6 Å². The van der Waals surface area contributed by atoms with Crippen LogP contribution in [0.2, 0.25) is 0 Å². The minimum Gasteiger partial charge on any atom is -0.488 e. The molecule has 9 heteroatoms. The van der Waals surface area contributed by atoms with Crippen LogP contribution in [0.5, 0.6) is 5.75 Å². The van der Waals surface area contributed by atoms with Gasteiger partial charge in [-0.3, -0.25) is 13.9 Å². The van der Waals surface area contributed by atoms with Gasteiger partial charge < -0.3 is 9.30 Å². The maximum atomic E-state index is 12.4. The molecule has 9 nitrogen and oxygen atoms in total. The Balaban J connectivity index is 1.77. The second kappa shape index (κ2) is 7.71. The number of anilines is 1. The number of hydrazone groups is 1. The van der Waals surface area contributed by atoms with Gasteiger partial charge in [-0.2, -0.15) is 10.1 Å². The standard InChI is InChI=1S/C19H24N6O3/c1-6-13-7-9-14(10-8-13)28-11-12(2)21-22-18-20-16-15(23(18)3)17(26)25(5)19(27)24(16)4/h7-10H,6,11H2,1-5H3,(H,20,22)/b21-12+. The summed E-state index contributed by atoms with van der Waals surface area (Å²) in [5.74, 6) is 1.13. The highest BCUT2D eigenvalue weighted by atomic mass is 16.5. The molecule has 2 aromatic heterocycles. The highest BCUT2D eigenvalue weighted by Gasteiger charge is 2.16. The molecule has 2 heterocycles. The number of ether oxygens (including phenoxy) is 1. The Morgan fingerprint density at radius 3 is 2.43 bits per heavy atom. The number of benzene rings is 1. The van der Waals surface area contributed by atoms with E-state index in [4.69, 9.17) is 4.74 Å². The van der Waals surface area contributed by atoms with Gasteiger partial charge >= 0.3 is 5.69 Å². The van der Waals surface area contributed by atoms with Crippen molar-refractivity contribution in [1.82, 2.24) is 18.7 Å². The van der Waals surface area contributed by atoms with Crippen molar-refractivity contribution in [3.63, 3.8) is 0 Å². The maximum absolute atomic E-state index is 12.4. The van der Waals surface area contributed by atoms with Gasteiger partial charge in [0.2, 0.25) is 5.95 Å². The van der Waals surface area contributed by atoms with E-state index >= 15 is 0 Å². The Bertz CT molecular complexity index is 1150. The highest BCUT2D eigenvalue weighted by Crippen LogP contribution is 2.14. The molecule has 0 aliphatic heterocycles. The van der Waals surface area contributed by atoms with Crippen LogP contribution in [0.25, 0.3) is 11.2 Å². The van der Waals surface area contributed by atoms with Crippen molar-refractivity contribution in [1.29, 1.82) is 0 Å². The normalized spacial score (nSPS) is 11.8. The van der Waals surface area contributed by atoms with E-state index in [0.29, 0.717) is 29.4 Å². The van der Waals surface area contributed by atoms with E-state index in [1.807, 2.05) is 31.2 Å². The molecule has 0 bridgehead atoms. The summed E-state index contributed by atoms with van der Waals surface area (Å²) in [6, 6.07) is 7.93. The van der Waals surface area contributed by atoms with E-state index in [9.17, 15) is 9.59 Å². The van der Waals surface area contributed by atoms with Gasteiger partial charge in [0.25, 0.3) is 5.56 Å². The second-order valence-corrected chi connectivity index (χ2v) is 6.62. The van der Waals surface area contributed by atoms with Crippen molar-refractivity contribution in [3.8, 4) is 5.75 Å². The molecular weight excluding hydrogens is 360 g/mol. The van der Waals surface area contributed by atoms with Crippen LogP contribution in [0.15, 0.2) is 39.0 Å². The van der Waals surface area contributed by atoms with Gasteiger partial charge in [0, 0.05) is 21.1 Å². The van der Waals surface area contributed by atoms with Crippen molar-refractivity contribution in [2.24, 2.45) is 26.2 Å². The number of nitrogens with one attached hydrogen (secondary N) is 1. The van der Waals surface area contributed by atoms with Gasteiger partial charge in [-0.25, -0.2) is 10.2 Å². The first-order valence-electron chi connectivity index (χ1n) is 8.96. The molecular formula is C19H24N6O3. The number of nitrogens with zero attached hydrogens (tertiary/aromatic N) is 5. The Kier molecular flexibility index (Phi) is 5.34. The molecule has 0 saturated carbocycles. The van der Waals surface area contributed by atoms with Crippen LogP contribution in [0.1, 0.15) is 19.4 Å². The molecule has 0 saturated heterocycles. The van der Waals surface area contributed by atoms with Crippen molar-refractivity contribution < 1.29 is 4.74 Å². The molecule has 0 unspecified atom stereocenters. The third-order valence-corrected chi connectivity index (χ3v) is 4.60. The van der Waals surface area contributed by atoms with E-state index in [-0.39, 0.29) is 0 Å². The maximum Gasteiger partial charge on any atom is 0.332 e. The van der Waals surface area contributed by atoms with E-state index in [0.717, 1.165) is 16.7 Å². The second-order valence-electron chi connectivity index (χ2n) is 6.62. The average Bonchev–Trinajstić information content (AvgIpc) is 3.04. The van der Waals surface area contributed by atoms with Crippen LogP contribution in [0.3, 0.4) is 0 Å². The van der Waals surface area contributed by atoms with Crippen LogP contribution >= 0.6 is 0 Å². The molecule has 1 N–H and O–H groups in total. The summed E-state index contributed by atoms with van der Waals surface area (Å²) < 4.78 is 9.69. The summed E-state index contributed by atoms with van der Waals surface area (Å²) in [5.41, 5.74) is 4.60. The van der Waals surface area contributed by atoms with Gasteiger partial charge in [-0.1, -0.05) is 19.1 Å². The van der Waals surface area contributed by atoms with Crippen LogP contribution < -0.4 is 21.4 Å². The van der Waals surface area contributed by atoms with Crippen molar-refractivity contribution in [3.05, 3.63) is 50.7 Å². The summed E-state index contributed by atoms with van der Waals surface area (Å²) >= 11 is 0.